The SMILES string of the molecule is CCCCOC(=O)c1cc(C(N)Cc2nc(-c3ccc(Br)cc3)c[nH]2)ccc1OCCCC. The van der Waals surface area contributed by atoms with E-state index in [1.165, 1.54) is 0 Å². The maximum absolute atomic E-state index is 12.7. The quantitative estimate of drug-likeness (QED) is 0.221. The lowest BCUT2D eigenvalue weighted by molar-refractivity contribution is 0.0495. The van der Waals surface area contributed by atoms with Crippen molar-refractivity contribution in [1.82, 2.24) is 9.97 Å². The molecule has 0 aliphatic carbocycles. The Labute approximate surface area is 204 Å². The number of nitrogens with zero attached hydrogens (tertiary/aromatic N) is 1. The second kappa shape index (κ2) is 12.6. The van der Waals surface area contributed by atoms with E-state index in [0.29, 0.717) is 30.9 Å². The minimum absolute atomic E-state index is 0.333. The van der Waals surface area contributed by atoms with E-state index in [-0.39, 0.29) is 12.0 Å². The number of hydrogen-bond donors (Lipinski definition) is 2. The number of rotatable bonds is 12. The van der Waals surface area contributed by atoms with E-state index in [4.69, 9.17) is 15.2 Å². The maximum Gasteiger partial charge on any atom is 0.341 e. The summed E-state index contributed by atoms with van der Waals surface area (Å²) in [6.07, 6.45) is 6.12. The van der Waals surface area contributed by atoms with Gasteiger partial charge in [0.15, 0.2) is 0 Å². The van der Waals surface area contributed by atoms with E-state index in [1.54, 1.807) is 6.07 Å². The second-order valence-electron chi connectivity index (χ2n) is 8.00. The van der Waals surface area contributed by atoms with E-state index in [2.05, 4.69) is 39.7 Å². The molecule has 2 aromatic carbocycles. The fraction of sp³-hybridized carbons (Fsp3) is 0.385. The van der Waals surface area contributed by atoms with Crippen molar-refractivity contribution in [3.8, 4) is 17.0 Å². The molecule has 3 rings (SSSR count). The van der Waals surface area contributed by atoms with E-state index in [0.717, 1.165) is 52.8 Å². The predicted molar refractivity (Wildman–Crippen MR) is 134 cm³/mol. The summed E-state index contributed by atoms with van der Waals surface area (Å²) < 4.78 is 12.3. The van der Waals surface area contributed by atoms with Gasteiger partial charge in [-0.2, -0.15) is 0 Å². The van der Waals surface area contributed by atoms with Crippen LogP contribution in [0.1, 0.15) is 67.3 Å². The smallest absolute Gasteiger partial charge is 0.341 e. The second-order valence-corrected chi connectivity index (χ2v) is 8.91. The first kappa shape index (κ1) is 25.0. The van der Waals surface area contributed by atoms with Crippen LogP contribution in [0.15, 0.2) is 53.1 Å². The number of aromatic nitrogens is 2. The lowest BCUT2D eigenvalue weighted by atomic mass is 10.0. The number of hydrogen-bond acceptors (Lipinski definition) is 5. The van der Waals surface area contributed by atoms with Crippen molar-refractivity contribution in [1.29, 1.82) is 0 Å². The van der Waals surface area contributed by atoms with Crippen LogP contribution in [-0.2, 0) is 11.2 Å². The summed E-state index contributed by atoms with van der Waals surface area (Å²) in [5, 5.41) is 0. The minimum Gasteiger partial charge on any atom is -0.493 e. The molecule has 1 heterocycles. The van der Waals surface area contributed by atoms with Crippen LogP contribution in [0.25, 0.3) is 11.3 Å². The third-order valence-electron chi connectivity index (χ3n) is 5.32. The topological polar surface area (TPSA) is 90.2 Å². The molecule has 0 spiro atoms. The van der Waals surface area contributed by atoms with Gasteiger partial charge in [-0.1, -0.05) is 60.8 Å². The van der Waals surface area contributed by atoms with Gasteiger partial charge in [0.2, 0.25) is 0 Å². The minimum atomic E-state index is -0.375. The van der Waals surface area contributed by atoms with Gasteiger partial charge < -0.3 is 20.2 Å². The van der Waals surface area contributed by atoms with E-state index >= 15 is 0 Å². The zero-order chi connectivity index (χ0) is 23.6. The number of carbonyl (C=O) groups excluding carboxylic acids is 1. The van der Waals surface area contributed by atoms with Crippen LogP contribution in [0.4, 0.5) is 0 Å². The van der Waals surface area contributed by atoms with Gasteiger partial charge in [-0.3, -0.25) is 0 Å². The summed E-state index contributed by atoms with van der Waals surface area (Å²) >= 11 is 3.45. The first-order chi connectivity index (χ1) is 16.0. The summed E-state index contributed by atoms with van der Waals surface area (Å²) in [5.41, 5.74) is 9.65. The number of halogens is 1. The average molecular weight is 514 g/mol. The number of benzene rings is 2. The van der Waals surface area contributed by atoms with Gasteiger partial charge in [-0.15, -0.1) is 0 Å². The summed E-state index contributed by atoms with van der Waals surface area (Å²) in [4.78, 5) is 20.6. The highest BCUT2D eigenvalue weighted by atomic mass is 79.9. The van der Waals surface area contributed by atoms with E-state index < -0.39 is 0 Å². The molecule has 0 fully saturated rings. The van der Waals surface area contributed by atoms with Gasteiger partial charge in [0.05, 0.1) is 18.9 Å². The van der Waals surface area contributed by atoms with Crippen LogP contribution in [0.3, 0.4) is 0 Å². The maximum atomic E-state index is 12.7. The Morgan fingerprint density at radius 1 is 1.09 bits per heavy atom. The molecule has 1 aromatic heterocycles. The molecule has 0 amide bonds. The molecule has 3 aromatic rings. The Balaban J connectivity index is 1.74. The fourth-order valence-corrected chi connectivity index (χ4v) is 3.60. The molecule has 0 saturated carbocycles. The molecule has 0 aliphatic heterocycles. The van der Waals surface area contributed by atoms with Crippen molar-refractivity contribution in [3.63, 3.8) is 0 Å². The van der Waals surface area contributed by atoms with Crippen molar-refractivity contribution in [2.24, 2.45) is 5.73 Å². The zero-order valence-corrected chi connectivity index (χ0v) is 20.9. The van der Waals surface area contributed by atoms with Crippen molar-refractivity contribution in [2.45, 2.75) is 52.0 Å². The van der Waals surface area contributed by atoms with Gasteiger partial charge in [-0.25, -0.2) is 9.78 Å². The van der Waals surface area contributed by atoms with Crippen molar-refractivity contribution >= 4 is 21.9 Å². The largest absolute Gasteiger partial charge is 0.493 e. The van der Waals surface area contributed by atoms with Crippen LogP contribution in [0, 0.1) is 0 Å². The van der Waals surface area contributed by atoms with Crippen molar-refractivity contribution in [3.05, 3.63) is 70.1 Å². The summed E-state index contributed by atoms with van der Waals surface area (Å²) in [7, 11) is 0. The number of nitrogens with one attached hydrogen (secondary N) is 1. The highest BCUT2D eigenvalue weighted by Gasteiger charge is 2.18. The number of unbranched alkanes of at least 4 members (excludes halogenated alkanes) is 2. The van der Waals surface area contributed by atoms with Crippen molar-refractivity contribution < 1.29 is 14.3 Å². The molecule has 1 unspecified atom stereocenters. The first-order valence-corrected chi connectivity index (χ1v) is 12.3. The number of esters is 1. The van der Waals surface area contributed by atoms with Crippen LogP contribution in [-0.4, -0.2) is 29.2 Å². The molecule has 0 radical (unpaired) electrons. The van der Waals surface area contributed by atoms with Crippen LogP contribution < -0.4 is 10.5 Å². The number of nitrogens with two attached hydrogens (primary N) is 1. The molecule has 1 atom stereocenters. The Morgan fingerprint density at radius 3 is 2.55 bits per heavy atom. The number of H-pyrrole nitrogens is 1. The highest BCUT2D eigenvalue weighted by molar-refractivity contribution is 9.10. The van der Waals surface area contributed by atoms with Crippen LogP contribution >= 0.6 is 15.9 Å². The van der Waals surface area contributed by atoms with Gasteiger partial charge in [0, 0.05) is 28.7 Å². The summed E-state index contributed by atoms with van der Waals surface area (Å²) in [5.74, 6) is 0.951. The predicted octanol–water partition coefficient (Wildman–Crippen LogP) is 6.22. The highest BCUT2D eigenvalue weighted by Crippen LogP contribution is 2.26. The Morgan fingerprint density at radius 2 is 1.82 bits per heavy atom. The van der Waals surface area contributed by atoms with E-state index in [1.807, 2.05) is 42.6 Å². The van der Waals surface area contributed by atoms with Gasteiger partial charge in [0.1, 0.15) is 17.1 Å². The lowest BCUT2D eigenvalue weighted by Gasteiger charge is -2.16. The normalized spacial score (nSPS) is 11.9. The van der Waals surface area contributed by atoms with Crippen LogP contribution in [0.2, 0.25) is 0 Å². The number of imidazole rings is 1. The lowest BCUT2D eigenvalue weighted by Crippen LogP contribution is -2.16. The van der Waals surface area contributed by atoms with Crippen molar-refractivity contribution in [2.75, 3.05) is 13.2 Å². The molecule has 7 heteroatoms. The van der Waals surface area contributed by atoms with Crippen LogP contribution in [0.5, 0.6) is 5.75 Å². The summed E-state index contributed by atoms with van der Waals surface area (Å²) in [6.45, 7) is 5.11. The third-order valence-corrected chi connectivity index (χ3v) is 5.85. The Bertz CT molecular complexity index is 1030. The van der Waals surface area contributed by atoms with Gasteiger partial charge >= 0.3 is 5.97 Å². The van der Waals surface area contributed by atoms with E-state index in [9.17, 15) is 4.79 Å². The van der Waals surface area contributed by atoms with Gasteiger partial charge in [-0.05, 0) is 42.7 Å². The zero-order valence-electron chi connectivity index (χ0n) is 19.3. The Hall–Kier alpha value is -2.64. The molecular formula is C26H32BrN3O3. The van der Waals surface area contributed by atoms with Gasteiger partial charge in [0.25, 0.3) is 0 Å². The fourth-order valence-electron chi connectivity index (χ4n) is 3.34. The standard InChI is InChI=1S/C26H32BrN3O3/c1-3-5-13-32-24-12-9-19(15-21(24)26(31)33-14-6-4-2)22(28)16-25-29-17-23(30-25)18-7-10-20(27)11-8-18/h7-12,15,17,22H,3-6,13-14,16,28H2,1-2H3,(H,29,30). The molecule has 0 bridgehead atoms. The molecule has 176 valence electrons. The molecule has 0 aliphatic rings. The first-order valence-electron chi connectivity index (χ1n) is 11.5. The monoisotopic (exact) mass is 513 g/mol. The third kappa shape index (κ3) is 7.17. The molecule has 0 saturated heterocycles. The summed E-state index contributed by atoms with van der Waals surface area (Å²) in [6, 6.07) is 13.2. The number of ether oxygens (including phenoxy) is 2. The molecule has 33 heavy (non-hydrogen) atoms. The average Bonchev–Trinajstić information content (AvgIpc) is 3.28. The Kier molecular flexibility index (Phi) is 9.51. The molecule has 6 nitrogen and oxygen atoms in total. The molecular weight excluding hydrogens is 482 g/mol. The number of aromatic amines is 1. The number of carbonyl (C=O) groups is 1. The molecule has 3 N–H and O–H groups in total.